The van der Waals surface area contributed by atoms with Gasteiger partial charge in [0, 0.05) is 18.2 Å². The van der Waals surface area contributed by atoms with E-state index in [0.717, 1.165) is 0 Å². The van der Waals surface area contributed by atoms with Gasteiger partial charge in [-0.3, -0.25) is 29.8 Å². The Labute approximate surface area is 193 Å². The van der Waals surface area contributed by atoms with Crippen molar-refractivity contribution in [1.29, 1.82) is 0 Å². The first-order chi connectivity index (χ1) is 16.4. The fourth-order valence-electron chi connectivity index (χ4n) is 3.58. The lowest BCUT2D eigenvalue weighted by atomic mass is 10.1. The molecule has 0 aliphatic carbocycles. The Morgan fingerprint density at radius 1 is 0.500 bits per heavy atom. The highest BCUT2D eigenvalue weighted by atomic mass is 16.5. The zero-order valence-corrected chi connectivity index (χ0v) is 17.5. The number of rotatable bonds is 6. The number of hydrogen-bond donors (Lipinski definition) is 2. The molecule has 166 valence electrons. The normalized spacial score (nSPS) is 14.9. The van der Waals surface area contributed by atoms with Gasteiger partial charge in [-0.1, -0.05) is 30.3 Å². The minimum absolute atomic E-state index is 0.278. The largest absolute Gasteiger partial charge is 0.457 e. The Hall–Kier alpha value is -4.98. The third kappa shape index (κ3) is 4.33. The first-order valence-corrected chi connectivity index (χ1v) is 10.3. The summed E-state index contributed by atoms with van der Waals surface area (Å²) in [5.74, 6) is 0.158. The van der Waals surface area contributed by atoms with Gasteiger partial charge in [0.05, 0.1) is 11.1 Å². The summed E-state index contributed by atoms with van der Waals surface area (Å²) in [6.07, 6.45) is 2.51. The van der Waals surface area contributed by atoms with Gasteiger partial charge in [-0.2, -0.15) is 0 Å². The van der Waals surface area contributed by atoms with Crippen molar-refractivity contribution < 1.29 is 28.7 Å². The SMILES string of the molecule is O=C1C=C(c2cccc(Oc3cccc(Oc4cccc(C5=CC(=O)NC5=O)c4)c3)c2)C(=O)N1. The summed E-state index contributed by atoms with van der Waals surface area (Å²) in [4.78, 5) is 46.7. The van der Waals surface area contributed by atoms with Gasteiger partial charge < -0.3 is 9.47 Å². The van der Waals surface area contributed by atoms with Crippen LogP contribution in [0.25, 0.3) is 11.1 Å². The van der Waals surface area contributed by atoms with Gasteiger partial charge in [0.2, 0.25) is 0 Å². The molecule has 3 aromatic carbocycles. The van der Waals surface area contributed by atoms with Crippen LogP contribution in [0.4, 0.5) is 0 Å². The molecule has 3 aromatic rings. The number of ether oxygens (including phenoxy) is 2. The highest BCUT2D eigenvalue weighted by Crippen LogP contribution is 2.31. The molecule has 2 N–H and O–H groups in total. The average molecular weight is 452 g/mol. The van der Waals surface area contributed by atoms with Gasteiger partial charge in [-0.25, -0.2) is 0 Å². The molecule has 0 bridgehead atoms. The molecule has 8 nitrogen and oxygen atoms in total. The lowest BCUT2D eigenvalue weighted by Gasteiger charge is -2.11. The van der Waals surface area contributed by atoms with Crippen LogP contribution in [-0.4, -0.2) is 23.6 Å². The number of imide groups is 2. The van der Waals surface area contributed by atoms with E-state index in [2.05, 4.69) is 10.6 Å². The predicted octanol–water partition coefficient (Wildman–Crippen LogP) is 3.35. The van der Waals surface area contributed by atoms with Gasteiger partial charge in [0.15, 0.2) is 0 Å². The summed E-state index contributed by atoms with van der Waals surface area (Å²) in [5.41, 5.74) is 1.68. The van der Waals surface area contributed by atoms with Crippen molar-refractivity contribution >= 4 is 34.8 Å². The van der Waals surface area contributed by atoms with E-state index in [1.807, 2.05) is 0 Å². The Balaban J connectivity index is 1.34. The number of carbonyl (C=O) groups is 4. The molecular formula is C26H16N2O6. The van der Waals surface area contributed by atoms with Crippen molar-refractivity contribution in [2.24, 2.45) is 0 Å². The first kappa shape index (κ1) is 20.9. The summed E-state index contributed by atoms with van der Waals surface area (Å²) in [6, 6.07) is 20.7. The number of benzene rings is 3. The molecule has 0 aromatic heterocycles. The third-order valence-corrected chi connectivity index (χ3v) is 5.08. The maximum atomic E-state index is 11.9. The molecule has 2 aliphatic rings. The van der Waals surface area contributed by atoms with E-state index < -0.39 is 23.6 Å². The third-order valence-electron chi connectivity index (χ3n) is 5.08. The van der Waals surface area contributed by atoms with Gasteiger partial charge in [0.25, 0.3) is 23.6 Å². The molecular weight excluding hydrogens is 436 g/mol. The lowest BCUT2D eigenvalue weighted by Crippen LogP contribution is -2.21. The number of amides is 4. The summed E-state index contributed by atoms with van der Waals surface area (Å²) in [6.45, 7) is 0. The van der Waals surface area contributed by atoms with E-state index in [-0.39, 0.29) is 11.1 Å². The molecule has 34 heavy (non-hydrogen) atoms. The zero-order chi connectivity index (χ0) is 23.7. The predicted molar refractivity (Wildman–Crippen MR) is 122 cm³/mol. The standard InChI is InChI=1S/C26H16N2O6/c29-23-13-21(25(31)27-23)15-4-1-6-17(10-15)33-19-8-3-9-20(12-19)34-18-7-2-5-16(11-18)22-14-24(30)28-26(22)32/h1-14H,(H,27,29,31)(H,28,30,32). The molecule has 0 fully saturated rings. The van der Waals surface area contributed by atoms with Crippen LogP contribution in [0.5, 0.6) is 23.0 Å². The van der Waals surface area contributed by atoms with Gasteiger partial charge >= 0.3 is 0 Å². The van der Waals surface area contributed by atoms with Crippen LogP contribution in [-0.2, 0) is 19.2 Å². The lowest BCUT2D eigenvalue weighted by molar-refractivity contribution is -0.124. The Kier molecular flexibility index (Phi) is 5.23. The van der Waals surface area contributed by atoms with Crippen LogP contribution in [0, 0.1) is 0 Å². The minimum Gasteiger partial charge on any atom is -0.457 e. The van der Waals surface area contributed by atoms with Crippen LogP contribution in [0.1, 0.15) is 11.1 Å². The van der Waals surface area contributed by atoms with Gasteiger partial charge in [-0.05, 0) is 47.5 Å². The Bertz CT molecular complexity index is 1330. The van der Waals surface area contributed by atoms with Crippen LogP contribution >= 0.6 is 0 Å². The second kappa shape index (κ2) is 8.51. The van der Waals surface area contributed by atoms with E-state index in [0.29, 0.717) is 34.1 Å². The number of hydrogen-bond acceptors (Lipinski definition) is 6. The fourth-order valence-corrected chi connectivity index (χ4v) is 3.58. The van der Waals surface area contributed by atoms with Crippen molar-refractivity contribution in [3.05, 3.63) is 96.1 Å². The first-order valence-electron chi connectivity index (χ1n) is 10.3. The molecule has 0 atom stereocenters. The smallest absolute Gasteiger partial charge is 0.258 e. The van der Waals surface area contributed by atoms with E-state index in [1.165, 1.54) is 12.2 Å². The topological polar surface area (TPSA) is 111 Å². The Morgan fingerprint density at radius 2 is 0.882 bits per heavy atom. The Morgan fingerprint density at radius 3 is 1.26 bits per heavy atom. The van der Waals surface area contributed by atoms with E-state index in [9.17, 15) is 19.2 Å². The van der Waals surface area contributed by atoms with Crippen molar-refractivity contribution in [2.75, 3.05) is 0 Å². The van der Waals surface area contributed by atoms with Gasteiger partial charge in [-0.15, -0.1) is 0 Å². The van der Waals surface area contributed by atoms with E-state index in [1.54, 1.807) is 72.8 Å². The maximum Gasteiger partial charge on any atom is 0.258 e. The summed E-state index contributed by atoms with van der Waals surface area (Å²) >= 11 is 0. The maximum absolute atomic E-state index is 11.9. The highest BCUT2D eigenvalue weighted by molar-refractivity contribution is 6.34. The van der Waals surface area contributed by atoms with Crippen molar-refractivity contribution in [3.8, 4) is 23.0 Å². The molecule has 2 aliphatic heterocycles. The molecule has 0 unspecified atom stereocenters. The summed E-state index contributed by atoms with van der Waals surface area (Å²) < 4.78 is 11.9. The number of nitrogens with one attached hydrogen (secondary N) is 2. The molecule has 0 spiro atoms. The molecule has 8 heteroatoms. The molecule has 0 saturated heterocycles. The molecule has 4 amide bonds. The monoisotopic (exact) mass is 452 g/mol. The van der Waals surface area contributed by atoms with Crippen LogP contribution in [0.2, 0.25) is 0 Å². The second-order valence-corrected chi connectivity index (χ2v) is 7.49. The minimum atomic E-state index is -0.449. The average Bonchev–Trinajstić information content (AvgIpc) is 3.33. The van der Waals surface area contributed by atoms with Crippen molar-refractivity contribution in [2.45, 2.75) is 0 Å². The molecule has 0 radical (unpaired) electrons. The van der Waals surface area contributed by atoms with Crippen molar-refractivity contribution in [3.63, 3.8) is 0 Å². The summed E-state index contributed by atoms with van der Waals surface area (Å²) in [5, 5.41) is 4.44. The highest BCUT2D eigenvalue weighted by Gasteiger charge is 2.23. The van der Waals surface area contributed by atoms with E-state index in [4.69, 9.17) is 9.47 Å². The van der Waals surface area contributed by atoms with E-state index >= 15 is 0 Å². The second-order valence-electron chi connectivity index (χ2n) is 7.49. The molecule has 5 rings (SSSR count). The fraction of sp³-hybridized carbons (Fsp3) is 0. The molecule has 0 saturated carbocycles. The van der Waals surface area contributed by atoms with Crippen LogP contribution in [0.15, 0.2) is 84.9 Å². The van der Waals surface area contributed by atoms with Crippen LogP contribution < -0.4 is 20.1 Å². The summed E-state index contributed by atoms with van der Waals surface area (Å²) in [7, 11) is 0. The quantitative estimate of drug-likeness (QED) is 0.555. The number of carbonyl (C=O) groups excluding carboxylic acids is 4. The molecule has 2 heterocycles. The van der Waals surface area contributed by atoms with Crippen molar-refractivity contribution in [1.82, 2.24) is 10.6 Å². The zero-order valence-electron chi connectivity index (χ0n) is 17.5. The van der Waals surface area contributed by atoms with Crippen LogP contribution in [0.3, 0.4) is 0 Å². The van der Waals surface area contributed by atoms with Gasteiger partial charge in [0.1, 0.15) is 23.0 Å².